The zero-order valence-corrected chi connectivity index (χ0v) is 7.24. The summed E-state index contributed by atoms with van der Waals surface area (Å²) in [5.74, 6) is 0. The first-order chi connectivity index (χ1) is 4.74. The van der Waals surface area contributed by atoms with Crippen molar-refractivity contribution in [2.75, 3.05) is 0 Å². The first-order valence-corrected chi connectivity index (χ1v) is 4.40. The van der Waals surface area contributed by atoms with Crippen LogP contribution < -0.4 is 5.73 Å². The molecule has 1 aromatic rings. The van der Waals surface area contributed by atoms with Gasteiger partial charge in [-0.2, -0.15) is 0 Å². The lowest BCUT2D eigenvalue weighted by Gasteiger charge is -1.97. The van der Waals surface area contributed by atoms with Crippen LogP contribution in [0.5, 0.6) is 0 Å². The average molecular weight is 155 g/mol. The second-order valence-electron chi connectivity index (χ2n) is 2.45. The zero-order chi connectivity index (χ0) is 7.56. The molecule has 1 atom stereocenters. The number of hydrogen-bond donors (Lipinski definition) is 1. The third-order valence-electron chi connectivity index (χ3n) is 1.48. The van der Waals surface area contributed by atoms with Gasteiger partial charge in [0.2, 0.25) is 0 Å². The van der Waals surface area contributed by atoms with Crippen LogP contribution in [0.2, 0.25) is 0 Å². The van der Waals surface area contributed by atoms with E-state index in [1.807, 2.05) is 18.3 Å². The lowest BCUT2D eigenvalue weighted by molar-refractivity contribution is 0.838. The Bertz CT molecular complexity index is 203. The first kappa shape index (κ1) is 7.76. The van der Waals surface area contributed by atoms with Crippen LogP contribution in [-0.2, 0) is 6.42 Å². The summed E-state index contributed by atoms with van der Waals surface area (Å²) in [6.07, 6.45) is 1.12. The van der Waals surface area contributed by atoms with E-state index in [0.717, 1.165) is 6.42 Å². The van der Waals surface area contributed by atoms with Crippen LogP contribution >= 0.6 is 11.3 Å². The van der Waals surface area contributed by atoms with E-state index in [1.165, 1.54) is 9.75 Å². The summed E-state index contributed by atoms with van der Waals surface area (Å²) in [5, 5.41) is 0. The molecule has 1 unspecified atom stereocenters. The lowest BCUT2D eigenvalue weighted by atomic mass is 10.3. The molecule has 0 amide bonds. The van der Waals surface area contributed by atoms with Gasteiger partial charge in [0.25, 0.3) is 0 Å². The highest BCUT2D eigenvalue weighted by Gasteiger charge is 2.01. The van der Waals surface area contributed by atoms with E-state index in [9.17, 15) is 0 Å². The van der Waals surface area contributed by atoms with Crippen molar-refractivity contribution in [2.24, 2.45) is 5.73 Å². The van der Waals surface area contributed by atoms with Crippen LogP contribution in [0.1, 0.15) is 29.6 Å². The van der Waals surface area contributed by atoms with E-state index in [0.29, 0.717) is 0 Å². The Morgan fingerprint density at radius 3 is 2.60 bits per heavy atom. The maximum absolute atomic E-state index is 5.69. The van der Waals surface area contributed by atoms with Crippen molar-refractivity contribution in [3.05, 3.63) is 21.9 Å². The SMILES string of the molecule is CCc1ccc(C(C)N)s1. The Morgan fingerprint density at radius 1 is 1.60 bits per heavy atom. The molecular weight excluding hydrogens is 142 g/mol. The minimum absolute atomic E-state index is 0.199. The van der Waals surface area contributed by atoms with Crippen molar-refractivity contribution in [1.29, 1.82) is 0 Å². The Hall–Kier alpha value is -0.340. The monoisotopic (exact) mass is 155 g/mol. The zero-order valence-electron chi connectivity index (χ0n) is 6.42. The van der Waals surface area contributed by atoms with Crippen molar-refractivity contribution in [3.8, 4) is 0 Å². The van der Waals surface area contributed by atoms with Gasteiger partial charge in [0, 0.05) is 15.8 Å². The highest BCUT2D eigenvalue weighted by Crippen LogP contribution is 2.21. The maximum atomic E-state index is 5.69. The van der Waals surface area contributed by atoms with Crippen LogP contribution in [0.15, 0.2) is 12.1 Å². The summed E-state index contributed by atoms with van der Waals surface area (Å²) < 4.78 is 0. The normalized spacial score (nSPS) is 13.5. The second-order valence-corrected chi connectivity index (χ2v) is 3.65. The summed E-state index contributed by atoms with van der Waals surface area (Å²) in [6, 6.07) is 4.47. The smallest absolute Gasteiger partial charge is 0.0361 e. The number of thiophene rings is 1. The molecule has 0 aliphatic rings. The molecule has 1 heterocycles. The van der Waals surface area contributed by atoms with Crippen LogP contribution in [0, 0.1) is 0 Å². The van der Waals surface area contributed by atoms with Crippen molar-refractivity contribution in [2.45, 2.75) is 26.3 Å². The van der Waals surface area contributed by atoms with E-state index < -0.39 is 0 Å². The molecular formula is C8H13NS. The Morgan fingerprint density at radius 2 is 2.30 bits per heavy atom. The van der Waals surface area contributed by atoms with Gasteiger partial charge in [-0.15, -0.1) is 11.3 Å². The maximum Gasteiger partial charge on any atom is 0.0361 e. The summed E-state index contributed by atoms with van der Waals surface area (Å²) in [5.41, 5.74) is 5.69. The molecule has 0 saturated heterocycles. The molecule has 2 heteroatoms. The Balaban J connectivity index is 2.78. The minimum Gasteiger partial charge on any atom is -0.324 e. The molecule has 0 aliphatic carbocycles. The van der Waals surface area contributed by atoms with E-state index in [-0.39, 0.29) is 6.04 Å². The first-order valence-electron chi connectivity index (χ1n) is 3.58. The molecule has 0 fully saturated rings. The number of rotatable bonds is 2. The van der Waals surface area contributed by atoms with Crippen LogP contribution in [0.4, 0.5) is 0 Å². The molecule has 1 rings (SSSR count). The molecule has 1 aromatic heterocycles. The largest absolute Gasteiger partial charge is 0.324 e. The van der Waals surface area contributed by atoms with Gasteiger partial charge in [-0.1, -0.05) is 6.92 Å². The van der Waals surface area contributed by atoms with Crippen molar-refractivity contribution in [1.82, 2.24) is 0 Å². The fourth-order valence-electron chi connectivity index (χ4n) is 0.829. The summed E-state index contributed by atoms with van der Waals surface area (Å²) in [4.78, 5) is 2.71. The summed E-state index contributed by atoms with van der Waals surface area (Å²) in [6.45, 7) is 4.18. The van der Waals surface area contributed by atoms with E-state index in [4.69, 9.17) is 5.73 Å². The van der Waals surface area contributed by atoms with Crippen molar-refractivity contribution < 1.29 is 0 Å². The highest BCUT2D eigenvalue weighted by molar-refractivity contribution is 7.12. The average Bonchev–Trinajstić information content (AvgIpc) is 2.34. The second kappa shape index (κ2) is 3.17. The van der Waals surface area contributed by atoms with Gasteiger partial charge in [0.1, 0.15) is 0 Å². The Kier molecular flexibility index (Phi) is 2.46. The predicted octanol–water partition coefficient (Wildman–Crippen LogP) is 2.33. The molecule has 10 heavy (non-hydrogen) atoms. The summed E-state index contributed by atoms with van der Waals surface area (Å²) in [7, 11) is 0. The van der Waals surface area contributed by atoms with Gasteiger partial charge in [0.15, 0.2) is 0 Å². The minimum atomic E-state index is 0.199. The van der Waals surface area contributed by atoms with Crippen molar-refractivity contribution in [3.63, 3.8) is 0 Å². The van der Waals surface area contributed by atoms with Gasteiger partial charge in [-0.3, -0.25) is 0 Å². The highest BCUT2D eigenvalue weighted by atomic mass is 32.1. The van der Waals surface area contributed by atoms with Crippen LogP contribution in [0.3, 0.4) is 0 Å². The quantitative estimate of drug-likeness (QED) is 0.697. The predicted molar refractivity (Wildman–Crippen MR) is 46.3 cm³/mol. The van der Waals surface area contributed by atoms with E-state index >= 15 is 0 Å². The molecule has 0 radical (unpaired) electrons. The molecule has 56 valence electrons. The van der Waals surface area contributed by atoms with Gasteiger partial charge < -0.3 is 5.73 Å². The van der Waals surface area contributed by atoms with Gasteiger partial charge in [-0.05, 0) is 25.5 Å². The van der Waals surface area contributed by atoms with Crippen molar-refractivity contribution >= 4 is 11.3 Å². The fourth-order valence-corrected chi connectivity index (χ4v) is 1.73. The van der Waals surface area contributed by atoms with Gasteiger partial charge >= 0.3 is 0 Å². The lowest BCUT2D eigenvalue weighted by Crippen LogP contribution is -2.01. The Labute approximate surface area is 65.9 Å². The van der Waals surface area contributed by atoms with Crippen LogP contribution in [-0.4, -0.2) is 0 Å². The van der Waals surface area contributed by atoms with Gasteiger partial charge in [-0.25, -0.2) is 0 Å². The van der Waals surface area contributed by atoms with Crippen LogP contribution in [0.25, 0.3) is 0 Å². The van der Waals surface area contributed by atoms with E-state index in [2.05, 4.69) is 19.1 Å². The number of hydrogen-bond acceptors (Lipinski definition) is 2. The molecule has 2 N–H and O–H groups in total. The molecule has 1 nitrogen and oxygen atoms in total. The number of nitrogens with two attached hydrogens (primary N) is 1. The topological polar surface area (TPSA) is 26.0 Å². The molecule has 0 aromatic carbocycles. The molecule has 0 saturated carbocycles. The molecule has 0 bridgehead atoms. The third kappa shape index (κ3) is 1.58. The van der Waals surface area contributed by atoms with E-state index in [1.54, 1.807) is 0 Å². The fraction of sp³-hybridized carbons (Fsp3) is 0.500. The number of aryl methyl sites for hydroxylation is 1. The molecule has 0 spiro atoms. The summed E-state index contributed by atoms with van der Waals surface area (Å²) >= 11 is 1.82. The molecule has 0 aliphatic heterocycles. The standard InChI is InChI=1S/C8H13NS/c1-3-7-4-5-8(10-7)6(2)9/h4-6H,3,9H2,1-2H3. The van der Waals surface area contributed by atoms with Gasteiger partial charge in [0.05, 0.1) is 0 Å². The third-order valence-corrected chi connectivity index (χ3v) is 2.91.